The highest BCUT2D eigenvalue weighted by atomic mass is 32.2. The van der Waals surface area contributed by atoms with Gasteiger partial charge in [0.1, 0.15) is 18.3 Å². The fourth-order valence-corrected chi connectivity index (χ4v) is 4.75. The number of aryl methyl sites for hydroxylation is 1. The topological polar surface area (TPSA) is 88.1 Å². The molecule has 4 atom stereocenters. The highest BCUT2D eigenvalue weighted by Gasteiger charge is 2.51. The van der Waals surface area contributed by atoms with Crippen molar-refractivity contribution in [1.29, 1.82) is 0 Å². The molecule has 1 fully saturated rings. The molecule has 0 unspecified atom stereocenters. The standard InChI is InChI=1S/C23H24O7S/c1-15-9-11-17(12-10-15)31(25,26)30-18-13-14-19(24)27-21(18)22-20(28-23(2,3)29-22)16-7-5-4-6-8-16/h4-14,18,20-22H,1-3H3/t18-,20-,21-,22-/m1/s1. The van der Waals surface area contributed by atoms with Crippen LogP contribution in [0.25, 0.3) is 0 Å². The van der Waals surface area contributed by atoms with Crippen LogP contribution in [0.15, 0.2) is 71.6 Å². The number of esters is 1. The summed E-state index contributed by atoms with van der Waals surface area (Å²) in [6, 6.07) is 15.7. The van der Waals surface area contributed by atoms with Gasteiger partial charge in [0.05, 0.1) is 4.90 Å². The monoisotopic (exact) mass is 444 g/mol. The Morgan fingerprint density at radius 3 is 2.29 bits per heavy atom. The molecular formula is C23H24O7S. The highest BCUT2D eigenvalue weighted by molar-refractivity contribution is 7.86. The maximum Gasteiger partial charge on any atom is 0.330 e. The molecule has 2 aliphatic rings. The zero-order chi connectivity index (χ0) is 22.2. The Hall–Kier alpha value is -2.52. The molecular weight excluding hydrogens is 420 g/mol. The Morgan fingerprint density at radius 2 is 1.61 bits per heavy atom. The number of cyclic esters (lactones) is 1. The van der Waals surface area contributed by atoms with Crippen LogP contribution in [0, 0.1) is 6.92 Å². The summed E-state index contributed by atoms with van der Waals surface area (Å²) in [6.45, 7) is 5.37. The average molecular weight is 445 g/mol. The van der Waals surface area contributed by atoms with Gasteiger partial charge in [-0.25, -0.2) is 4.79 Å². The lowest BCUT2D eigenvalue weighted by Gasteiger charge is -2.32. The summed E-state index contributed by atoms with van der Waals surface area (Å²) in [6.07, 6.45) is -0.899. The lowest BCUT2D eigenvalue weighted by Crippen LogP contribution is -2.47. The van der Waals surface area contributed by atoms with E-state index in [9.17, 15) is 13.2 Å². The van der Waals surface area contributed by atoms with Crippen molar-refractivity contribution >= 4 is 16.1 Å². The maximum atomic E-state index is 12.9. The van der Waals surface area contributed by atoms with Gasteiger partial charge in [0.2, 0.25) is 0 Å². The summed E-state index contributed by atoms with van der Waals surface area (Å²) in [5, 5.41) is 0. The average Bonchev–Trinajstić information content (AvgIpc) is 3.05. The summed E-state index contributed by atoms with van der Waals surface area (Å²) in [7, 11) is -4.11. The van der Waals surface area contributed by atoms with Gasteiger partial charge < -0.3 is 14.2 Å². The molecule has 8 heteroatoms. The molecule has 0 radical (unpaired) electrons. The SMILES string of the molecule is Cc1ccc(S(=O)(=O)O[C@@H]2C=CC(=O)O[C@H]2[C@@H]2OC(C)(C)O[C@@H]2c2ccccc2)cc1. The molecule has 31 heavy (non-hydrogen) atoms. The molecule has 4 rings (SSSR count). The second-order valence-corrected chi connectivity index (χ2v) is 9.59. The first-order valence-corrected chi connectivity index (χ1v) is 11.3. The quantitative estimate of drug-likeness (QED) is 0.516. The molecule has 0 aliphatic carbocycles. The van der Waals surface area contributed by atoms with Crippen LogP contribution in [0.4, 0.5) is 0 Å². The predicted molar refractivity (Wildman–Crippen MR) is 111 cm³/mol. The van der Waals surface area contributed by atoms with Crippen molar-refractivity contribution in [3.05, 3.63) is 77.9 Å². The van der Waals surface area contributed by atoms with Crippen molar-refractivity contribution in [2.75, 3.05) is 0 Å². The second-order valence-electron chi connectivity index (χ2n) is 8.02. The molecule has 164 valence electrons. The van der Waals surface area contributed by atoms with Gasteiger partial charge in [-0.15, -0.1) is 0 Å². The number of benzene rings is 2. The van der Waals surface area contributed by atoms with E-state index in [0.717, 1.165) is 17.2 Å². The molecule has 0 aromatic heterocycles. The van der Waals surface area contributed by atoms with Crippen LogP contribution in [0.5, 0.6) is 0 Å². The van der Waals surface area contributed by atoms with E-state index in [4.69, 9.17) is 18.4 Å². The first kappa shape index (κ1) is 21.7. The van der Waals surface area contributed by atoms with Crippen LogP contribution in [0.1, 0.15) is 31.1 Å². The third-order valence-electron chi connectivity index (χ3n) is 5.13. The van der Waals surface area contributed by atoms with Crippen molar-refractivity contribution in [1.82, 2.24) is 0 Å². The molecule has 2 aromatic carbocycles. The van der Waals surface area contributed by atoms with Crippen LogP contribution in [0.2, 0.25) is 0 Å². The van der Waals surface area contributed by atoms with Gasteiger partial charge in [0.15, 0.2) is 11.9 Å². The zero-order valence-corrected chi connectivity index (χ0v) is 18.2. The molecule has 1 saturated heterocycles. The molecule has 0 amide bonds. The fraction of sp³-hybridized carbons (Fsp3) is 0.348. The number of carbonyl (C=O) groups excluding carboxylic acids is 1. The van der Waals surface area contributed by atoms with Crippen molar-refractivity contribution in [3.63, 3.8) is 0 Å². The van der Waals surface area contributed by atoms with Crippen molar-refractivity contribution < 1.29 is 31.6 Å². The molecule has 0 spiro atoms. The molecule has 0 saturated carbocycles. The number of ether oxygens (including phenoxy) is 3. The number of rotatable bonds is 5. The Kier molecular flexibility index (Phi) is 5.74. The molecule has 2 aromatic rings. The normalized spacial score (nSPS) is 27.8. The predicted octanol–water partition coefficient (Wildman–Crippen LogP) is 3.44. The van der Waals surface area contributed by atoms with Crippen LogP contribution in [-0.2, 0) is 33.3 Å². The summed E-state index contributed by atoms with van der Waals surface area (Å²) >= 11 is 0. The molecule has 0 bridgehead atoms. The van der Waals surface area contributed by atoms with Gasteiger partial charge in [0, 0.05) is 6.08 Å². The van der Waals surface area contributed by atoms with Gasteiger partial charge in [0.25, 0.3) is 10.1 Å². The molecule has 2 heterocycles. The smallest absolute Gasteiger partial charge is 0.330 e. The third-order valence-corrected chi connectivity index (χ3v) is 6.45. The van der Waals surface area contributed by atoms with Crippen molar-refractivity contribution in [2.45, 2.75) is 55.9 Å². The van der Waals surface area contributed by atoms with Crippen LogP contribution in [0.3, 0.4) is 0 Å². The fourth-order valence-electron chi connectivity index (χ4n) is 3.70. The van der Waals surface area contributed by atoms with Crippen LogP contribution in [-0.4, -0.2) is 38.5 Å². The van der Waals surface area contributed by atoms with E-state index in [1.807, 2.05) is 37.3 Å². The maximum absolute atomic E-state index is 12.9. The van der Waals surface area contributed by atoms with Crippen LogP contribution < -0.4 is 0 Å². The minimum atomic E-state index is -4.11. The lowest BCUT2D eigenvalue weighted by molar-refractivity contribution is -0.176. The molecule has 7 nitrogen and oxygen atoms in total. The summed E-state index contributed by atoms with van der Waals surface area (Å²) in [4.78, 5) is 12.1. The zero-order valence-electron chi connectivity index (χ0n) is 17.4. The number of carbonyl (C=O) groups is 1. The minimum absolute atomic E-state index is 0.0191. The van der Waals surface area contributed by atoms with Crippen molar-refractivity contribution in [3.8, 4) is 0 Å². The van der Waals surface area contributed by atoms with E-state index < -0.39 is 46.3 Å². The Morgan fingerprint density at radius 1 is 0.935 bits per heavy atom. The third kappa shape index (κ3) is 4.72. The first-order valence-electron chi connectivity index (χ1n) is 9.94. The summed E-state index contributed by atoms with van der Waals surface area (Å²) < 4.78 is 48.9. The van der Waals surface area contributed by atoms with E-state index in [0.29, 0.717) is 0 Å². The van der Waals surface area contributed by atoms with Gasteiger partial charge in [-0.05, 0) is 44.5 Å². The van der Waals surface area contributed by atoms with Gasteiger partial charge in [-0.2, -0.15) is 8.42 Å². The summed E-state index contributed by atoms with van der Waals surface area (Å²) in [5.74, 6) is -1.56. The molecule has 2 aliphatic heterocycles. The highest BCUT2D eigenvalue weighted by Crippen LogP contribution is 2.42. The van der Waals surface area contributed by atoms with E-state index in [-0.39, 0.29) is 4.90 Å². The Labute approximate surface area is 181 Å². The minimum Gasteiger partial charge on any atom is -0.453 e. The van der Waals surface area contributed by atoms with E-state index in [1.165, 1.54) is 18.2 Å². The summed E-state index contributed by atoms with van der Waals surface area (Å²) in [5.41, 5.74) is 1.75. The first-order chi connectivity index (χ1) is 14.6. The second kappa shape index (κ2) is 8.20. The van der Waals surface area contributed by atoms with Crippen molar-refractivity contribution in [2.24, 2.45) is 0 Å². The number of hydrogen-bond donors (Lipinski definition) is 0. The van der Waals surface area contributed by atoms with Gasteiger partial charge >= 0.3 is 5.97 Å². The van der Waals surface area contributed by atoms with Gasteiger partial charge in [-0.1, -0.05) is 48.0 Å². The van der Waals surface area contributed by atoms with E-state index in [2.05, 4.69) is 0 Å². The van der Waals surface area contributed by atoms with Gasteiger partial charge in [-0.3, -0.25) is 4.18 Å². The van der Waals surface area contributed by atoms with E-state index in [1.54, 1.807) is 26.0 Å². The molecule has 0 N–H and O–H groups in total. The van der Waals surface area contributed by atoms with Crippen LogP contribution >= 0.6 is 0 Å². The largest absolute Gasteiger partial charge is 0.453 e. The Bertz CT molecular complexity index is 1070. The Balaban J connectivity index is 1.65. The number of hydrogen-bond acceptors (Lipinski definition) is 7. The van der Waals surface area contributed by atoms with E-state index >= 15 is 0 Å². The lowest BCUT2D eigenvalue weighted by atomic mass is 9.96.